The van der Waals surface area contributed by atoms with Crippen molar-refractivity contribution in [2.24, 2.45) is 4.99 Å². The number of hydrogen-bond acceptors (Lipinski definition) is 4. The number of rotatable bonds is 8. The minimum atomic E-state index is -4.38. The second-order valence-corrected chi connectivity index (χ2v) is 5.38. The van der Waals surface area contributed by atoms with Gasteiger partial charge in [0, 0.05) is 51.3 Å². The molecule has 2 aromatic rings. The summed E-state index contributed by atoms with van der Waals surface area (Å²) in [7, 11) is 1.66. The van der Waals surface area contributed by atoms with E-state index in [1.165, 1.54) is 12.3 Å². The van der Waals surface area contributed by atoms with Gasteiger partial charge in [0.2, 0.25) is 5.88 Å². The van der Waals surface area contributed by atoms with Crippen molar-refractivity contribution in [1.82, 2.24) is 25.4 Å². The highest BCUT2D eigenvalue weighted by Gasteiger charge is 2.28. The summed E-state index contributed by atoms with van der Waals surface area (Å²) in [6.07, 6.45) is 1.61. The van der Waals surface area contributed by atoms with Crippen LogP contribution in [0.4, 0.5) is 13.2 Å². The maximum absolute atomic E-state index is 12.1. The van der Waals surface area contributed by atoms with Crippen molar-refractivity contribution >= 4 is 5.96 Å². The molecule has 0 unspecified atom stereocenters. The number of hydrogen-bond donors (Lipinski definition) is 2. The average Bonchev–Trinajstić information content (AvgIpc) is 3.13. The van der Waals surface area contributed by atoms with E-state index in [-0.39, 0.29) is 5.88 Å². The highest BCUT2D eigenvalue weighted by Crippen LogP contribution is 2.16. The van der Waals surface area contributed by atoms with Gasteiger partial charge in [-0.2, -0.15) is 18.3 Å². The van der Waals surface area contributed by atoms with Gasteiger partial charge in [-0.1, -0.05) is 6.07 Å². The first-order chi connectivity index (χ1) is 12.5. The van der Waals surface area contributed by atoms with Gasteiger partial charge in [-0.15, -0.1) is 0 Å². The van der Waals surface area contributed by atoms with Crippen molar-refractivity contribution in [1.29, 1.82) is 0 Å². The Bertz CT molecular complexity index is 670. The van der Waals surface area contributed by atoms with Gasteiger partial charge < -0.3 is 15.4 Å². The lowest BCUT2D eigenvalue weighted by Crippen LogP contribution is -2.37. The number of halogens is 3. The molecule has 0 saturated heterocycles. The first kappa shape index (κ1) is 19.5. The first-order valence-corrected chi connectivity index (χ1v) is 8.03. The molecule has 2 heterocycles. The lowest BCUT2D eigenvalue weighted by atomic mass is 10.3. The SMILES string of the molecule is CN=C(NCCCn1cccn1)NCc1ccc(OCC(F)(F)F)nc1. The summed E-state index contributed by atoms with van der Waals surface area (Å²) in [6.45, 7) is 0.611. The van der Waals surface area contributed by atoms with Crippen LogP contribution in [0, 0.1) is 0 Å². The monoisotopic (exact) mass is 370 g/mol. The Hall–Kier alpha value is -2.78. The van der Waals surface area contributed by atoms with Crippen LogP contribution in [-0.4, -0.2) is 47.1 Å². The number of pyridine rings is 1. The summed E-state index contributed by atoms with van der Waals surface area (Å²) in [6, 6.07) is 4.93. The topological polar surface area (TPSA) is 76.4 Å². The fourth-order valence-electron chi connectivity index (χ4n) is 2.04. The molecule has 2 rings (SSSR count). The van der Waals surface area contributed by atoms with Gasteiger partial charge in [-0.25, -0.2) is 4.98 Å². The van der Waals surface area contributed by atoms with Crippen LogP contribution in [0.25, 0.3) is 0 Å². The van der Waals surface area contributed by atoms with E-state index in [0.29, 0.717) is 12.5 Å². The van der Waals surface area contributed by atoms with E-state index < -0.39 is 12.8 Å². The summed E-state index contributed by atoms with van der Waals surface area (Å²) in [5, 5.41) is 10.4. The predicted molar refractivity (Wildman–Crippen MR) is 90.8 cm³/mol. The first-order valence-electron chi connectivity index (χ1n) is 8.03. The van der Waals surface area contributed by atoms with Gasteiger partial charge in [-0.05, 0) is 18.1 Å². The molecule has 0 fully saturated rings. The zero-order valence-corrected chi connectivity index (χ0v) is 14.3. The Morgan fingerprint density at radius 3 is 2.77 bits per heavy atom. The minimum Gasteiger partial charge on any atom is -0.468 e. The Labute approximate surface area is 149 Å². The number of alkyl halides is 3. The summed E-state index contributed by atoms with van der Waals surface area (Å²) < 4.78 is 42.7. The fourth-order valence-corrected chi connectivity index (χ4v) is 2.04. The van der Waals surface area contributed by atoms with Gasteiger partial charge in [0.25, 0.3) is 0 Å². The molecule has 142 valence electrons. The van der Waals surface area contributed by atoms with Crippen molar-refractivity contribution in [3.63, 3.8) is 0 Å². The molecular formula is C16H21F3N6O. The van der Waals surface area contributed by atoms with Crippen LogP contribution in [0.15, 0.2) is 41.8 Å². The van der Waals surface area contributed by atoms with Crippen LogP contribution in [0.1, 0.15) is 12.0 Å². The zero-order valence-electron chi connectivity index (χ0n) is 14.3. The molecule has 0 saturated carbocycles. The van der Waals surface area contributed by atoms with Crippen molar-refractivity contribution in [2.75, 3.05) is 20.2 Å². The molecule has 0 atom stereocenters. The smallest absolute Gasteiger partial charge is 0.422 e. The number of guanidine groups is 1. The number of aryl methyl sites for hydroxylation is 1. The van der Waals surface area contributed by atoms with E-state index in [0.717, 1.165) is 25.1 Å². The van der Waals surface area contributed by atoms with Crippen LogP contribution in [0.5, 0.6) is 5.88 Å². The second kappa shape index (κ2) is 9.64. The maximum atomic E-state index is 12.1. The highest BCUT2D eigenvalue weighted by atomic mass is 19.4. The molecule has 0 aliphatic heterocycles. The number of aliphatic imine (C=N–C) groups is 1. The molecule has 0 aliphatic carbocycles. The third-order valence-electron chi connectivity index (χ3n) is 3.28. The molecule has 0 aromatic carbocycles. The van der Waals surface area contributed by atoms with Crippen molar-refractivity contribution in [3.05, 3.63) is 42.4 Å². The normalized spacial score (nSPS) is 12.1. The molecule has 0 aliphatic rings. The number of ether oxygens (including phenoxy) is 1. The lowest BCUT2D eigenvalue weighted by Gasteiger charge is -2.12. The van der Waals surface area contributed by atoms with Crippen molar-refractivity contribution < 1.29 is 17.9 Å². The van der Waals surface area contributed by atoms with Gasteiger partial charge in [0.15, 0.2) is 12.6 Å². The predicted octanol–water partition coefficient (Wildman–Crippen LogP) is 1.97. The molecule has 2 N–H and O–H groups in total. The highest BCUT2D eigenvalue weighted by molar-refractivity contribution is 5.79. The third kappa shape index (κ3) is 7.41. The van der Waals surface area contributed by atoms with Crippen LogP contribution in [0.2, 0.25) is 0 Å². The number of nitrogens with one attached hydrogen (secondary N) is 2. The average molecular weight is 370 g/mol. The Morgan fingerprint density at radius 1 is 1.31 bits per heavy atom. The molecule has 0 amide bonds. The molecule has 10 heteroatoms. The Kier molecular flexibility index (Phi) is 7.24. The van der Waals surface area contributed by atoms with E-state index in [2.05, 4.69) is 30.4 Å². The fraction of sp³-hybridized carbons (Fsp3) is 0.438. The number of aromatic nitrogens is 3. The van der Waals surface area contributed by atoms with Gasteiger partial charge in [0.1, 0.15) is 0 Å². The minimum absolute atomic E-state index is 0.0628. The van der Waals surface area contributed by atoms with Gasteiger partial charge in [0.05, 0.1) is 0 Å². The van der Waals surface area contributed by atoms with E-state index >= 15 is 0 Å². The van der Waals surface area contributed by atoms with Crippen LogP contribution in [0.3, 0.4) is 0 Å². The molecule has 0 radical (unpaired) electrons. The zero-order chi connectivity index (χ0) is 18.8. The summed E-state index contributed by atoms with van der Waals surface area (Å²) in [5.74, 6) is 0.565. The lowest BCUT2D eigenvalue weighted by molar-refractivity contribution is -0.154. The van der Waals surface area contributed by atoms with Crippen LogP contribution in [-0.2, 0) is 13.1 Å². The molecule has 0 spiro atoms. The molecule has 2 aromatic heterocycles. The Balaban J connectivity index is 1.68. The summed E-state index contributed by atoms with van der Waals surface area (Å²) >= 11 is 0. The molecular weight excluding hydrogens is 349 g/mol. The van der Waals surface area contributed by atoms with Gasteiger partial charge in [-0.3, -0.25) is 9.67 Å². The molecule has 0 bridgehead atoms. The van der Waals surface area contributed by atoms with E-state index in [9.17, 15) is 13.2 Å². The quantitative estimate of drug-likeness (QED) is 0.422. The van der Waals surface area contributed by atoms with E-state index in [1.54, 1.807) is 19.3 Å². The standard InChI is InChI=1S/C16H21F3N6O/c1-20-15(21-6-2-8-25-9-3-7-24-25)23-11-13-4-5-14(22-10-13)26-12-16(17,18)19/h3-5,7,9-10H,2,6,8,11-12H2,1H3,(H2,20,21,23). The third-order valence-corrected chi connectivity index (χ3v) is 3.28. The number of nitrogens with zero attached hydrogens (tertiary/aromatic N) is 4. The largest absolute Gasteiger partial charge is 0.468 e. The van der Waals surface area contributed by atoms with Crippen LogP contribution >= 0.6 is 0 Å². The molecule has 26 heavy (non-hydrogen) atoms. The van der Waals surface area contributed by atoms with E-state index in [4.69, 9.17) is 0 Å². The van der Waals surface area contributed by atoms with Crippen molar-refractivity contribution in [3.8, 4) is 5.88 Å². The van der Waals surface area contributed by atoms with Crippen LogP contribution < -0.4 is 15.4 Å². The molecule has 7 nitrogen and oxygen atoms in total. The van der Waals surface area contributed by atoms with Crippen molar-refractivity contribution in [2.45, 2.75) is 25.7 Å². The maximum Gasteiger partial charge on any atom is 0.422 e. The van der Waals surface area contributed by atoms with Gasteiger partial charge >= 0.3 is 6.18 Å². The summed E-state index contributed by atoms with van der Waals surface area (Å²) in [5.41, 5.74) is 0.795. The second-order valence-electron chi connectivity index (χ2n) is 5.38. The van der Waals surface area contributed by atoms with E-state index in [1.807, 2.05) is 16.9 Å². The Morgan fingerprint density at radius 2 is 2.15 bits per heavy atom. The summed E-state index contributed by atoms with van der Waals surface area (Å²) in [4.78, 5) is 7.97.